The molecule has 3 rings (SSSR count). The van der Waals surface area contributed by atoms with Crippen LogP contribution in [0.25, 0.3) is 0 Å². The van der Waals surface area contributed by atoms with Gasteiger partial charge in [-0.1, -0.05) is 35.5 Å². The highest BCUT2D eigenvalue weighted by Crippen LogP contribution is 2.21. The molecule has 0 saturated heterocycles. The number of rotatable bonds is 8. The first-order valence-electron chi connectivity index (χ1n) is 7.65. The molecule has 6 nitrogen and oxygen atoms in total. The predicted molar refractivity (Wildman–Crippen MR) is 98.1 cm³/mol. The number of nitrogens with zero attached hydrogens (tertiary/aromatic N) is 2. The monoisotopic (exact) mass is 390 g/mol. The normalized spacial score (nSPS) is 10.5. The molecule has 0 atom stereocenters. The smallest absolute Gasteiger partial charge is 0.277 e. The summed E-state index contributed by atoms with van der Waals surface area (Å²) in [5.41, 5.74) is 0.572. The van der Waals surface area contributed by atoms with Gasteiger partial charge in [0, 0.05) is 10.6 Å². The van der Waals surface area contributed by atoms with Gasteiger partial charge in [0.2, 0.25) is 0 Å². The third kappa shape index (κ3) is 5.00. The maximum atomic E-state index is 12.2. The van der Waals surface area contributed by atoms with Gasteiger partial charge in [0.05, 0.1) is 12.9 Å². The van der Waals surface area contributed by atoms with E-state index in [2.05, 4.69) is 10.2 Å². The number of benzene rings is 2. The second-order valence-corrected chi connectivity index (χ2v) is 6.51. The van der Waals surface area contributed by atoms with Crippen molar-refractivity contribution in [3.05, 3.63) is 65.0 Å². The maximum Gasteiger partial charge on any atom is 0.277 e. The number of ether oxygens (including phenoxy) is 2. The van der Waals surface area contributed by atoms with Gasteiger partial charge in [0.1, 0.15) is 11.5 Å². The SMILES string of the molecule is COc1cccc(C(=O)CSc2nnc(COc3ccc(Cl)cc3)o2)c1. The lowest BCUT2D eigenvalue weighted by atomic mass is 10.1. The van der Waals surface area contributed by atoms with E-state index in [0.29, 0.717) is 33.2 Å². The van der Waals surface area contributed by atoms with Crippen LogP contribution in [0.5, 0.6) is 11.5 Å². The van der Waals surface area contributed by atoms with Crippen molar-refractivity contribution in [3.63, 3.8) is 0 Å². The second kappa shape index (κ2) is 8.73. The molecular formula is C18H15ClN2O4S. The van der Waals surface area contributed by atoms with E-state index in [-0.39, 0.29) is 18.1 Å². The molecule has 0 unspecified atom stereocenters. The molecule has 0 aliphatic carbocycles. The summed E-state index contributed by atoms with van der Waals surface area (Å²) < 4.78 is 16.1. The van der Waals surface area contributed by atoms with Gasteiger partial charge < -0.3 is 13.9 Å². The van der Waals surface area contributed by atoms with Gasteiger partial charge in [-0.3, -0.25) is 4.79 Å². The van der Waals surface area contributed by atoms with E-state index in [1.54, 1.807) is 55.6 Å². The summed E-state index contributed by atoms with van der Waals surface area (Å²) in [6.45, 7) is 0.138. The molecule has 3 aromatic rings. The minimum absolute atomic E-state index is 0.0499. The fourth-order valence-corrected chi connectivity index (χ4v) is 2.84. The van der Waals surface area contributed by atoms with Gasteiger partial charge in [0.15, 0.2) is 12.4 Å². The zero-order chi connectivity index (χ0) is 18.4. The number of hydrogen-bond acceptors (Lipinski definition) is 7. The van der Waals surface area contributed by atoms with E-state index in [9.17, 15) is 4.79 Å². The van der Waals surface area contributed by atoms with Crippen molar-refractivity contribution in [2.24, 2.45) is 0 Å². The van der Waals surface area contributed by atoms with Gasteiger partial charge in [0.25, 0.3) is 11.1 Å². The molecule has 0 spiro atoms. The standard InChI is InChI=1S/C18H15ClN2O4S/c1-23-15-4-2-3-12(9-15)16(22)11-26-18-21-20-17(25-18)10-24-14-7-5-13(19)6-8-14/h2-9H,10-11H2,1H3. The van der Waals surface area contributed by atoms with Crippen molar-refractivity contribution in [2.75, 3.05) is 12.9 Å². The summed E-state index contributed by atoms with van der Waals surface area (Å²) in [5.74, 6) is 1.75. The molecule has 134 valence electrons. The number of methoxy groups -OCH3 is 1. The Labute approximate surface area is 159 Å². The Kier molecular flexibility index (Phi) is 6.14. The molecule has 0 fully saturated rings. The van der Waals surface area contributed by atoms with Crippen molar-refractivity contribution in [1.29, 1.82) is 0 Å². The van der Waals surface area contributed by atoms with Crippen molar-refractivity contribution in [1.82, 2.24) is 10.2 Å². The van der Waals surface area contributed by atoms with Crippen LogP contribution >= 0.6 is 23.4 Å². The molecular weight excluding hydrogens is 376 g/mol. The molecule has 0 aliphatic rings. The Morgan fingerprint density at radius 3 is 2.73 bits per heavy atom. The lowest BCUT2D eigenvalue weighted by Crippen LogP contribution is -2.02. The third-order valence-corrected chi connectivity index (χ3v) is 4.41. The van der Waals surface area contributed by atoms with Crippen molar-refractivity contribution in [2.45, 2.75) is 11.8 Å². The number of aromatic nitrogens is 2. The summed E-state index contributed by atoms with van der Waals surface area (Å²) in [6, 6.07) is 14.0. The predicted octanol–water partition coefficient (Wildman–Crippen LogP) is 4.29. The quantitative estimate of drug-likeness (QED) is 0.419. The topological polar surface area (TPSA) is 74.5 Å². The van der Waals surface area contributed by atoms with Crippen LogP contribution in [0.1, 0.15) is 16.2 Å². The lowest BCUT2D eigenvalue weighted by molar-refractivity contribution is 0.102. The van der Waals surface area contributed by atoms with Crippen LogP contribution in [-0.4, -0.2) is 28.8 Å². The highest BCUT2D eigenvalue weighted by Gasteiger charge is 2.12. The zero-order valence-corrected chi connectivity index (χ0v) is 15.4. The number of halogens is 1. The van der Waals surface area contributed by atoms with Crippen LogP contribution in [0.2, 0.25) is 5.02 Å². The first-order valence-corrected chi connectivity index (χ1v) is 9.01. The molecule has 0 radical (unpaired) electrons. The maximum absolute atomic E-state index is 12.2. The number of carbonyl (C=O) groups excluding carboxylic acids is 1. The van der Waals surface area contributed by atoms with Crippen LogP contribution in [0.4, 0.5) is 0 Å². The number of hydrogen-bond donors (Lipinski definition) is 0. The van der Waals surface area contributed by atoms with Gasteiger partial charge >= 0.3 is 0 Å². The number of ketones is 1. The Bertz CT molecular complexity index is 883. The van der Waals surface area contributed by atoms with E-state index in [0.717, 1.165) is 0 Å². The molecule has 0 saturated carbocycles. The summed E-state index contributed by atoms with van der Waals surface area (Å²) in [7, 11) is 1.56. The summed E-state index contributed by atoms with van der Waals surface area (Å²) >= 11 is 7.00. The van der Waals surface area contributed by atoms with E-state index in [1.807, 2.05) is 0 Å². The van der Waals surface area contributed by atoms with Crippen LogP contribution in [0.3, 0.4) is 0 Å². The largest absolute Gasteiger partial charge is 0.497 e. The molecule has 0 amide bonds. The van der Waals surface area contributed by atoms with Gasteiger partial charge in [-0.2, -0.15) is 0 Å². The zero-order valence-electron chi connectivity index (χ0n) is 13.8. The van der Waals surface area contributed by atoms with E-state index < -0.39 is 0 Å². The third-order valence-electron chi connectivity index (χ3n) is 3.34. The highest BCUT2D eigenvalue weighted by molar-refractivity contribution is 7.99. The first-order chi connectivity index (χ1) is 12.6. The average Bonchev–Trinajstić information content (AvgIpc) is 3.13. The Morgan fingerprint density at radius 1 is 1.15 bits per heavy atom. The summed E-state index contributed by atoms with van der Waals surface area (Å²) in [5, 5.41) is 8.77. The van der Waals surface area contributed by atoms with Crippen molar-refractivity contribution < 1.29 is 18.7 Å². The summed E-state index contributed by atoms with van der Waals surface area (Å²) in [6.07, 6.45) is 0. The minimum atomic E-state index is -0.0499. The molecule has 2 aromatic carbocycles. The molecule has 1 heterocycles. The average molecular weight is 391 g/mol. The second-order valence-electron chi connectivity index (χ2n) is 5.15. The summed E-state index contributed by atoms with van der Waals surface area (Å²) in [4.78, 5) is 12.2. The first kappa shape index (κ1) is 18.3. The van der Waals surface area contributed by atoms with Gasteiger partial charge in [-0.15, -0.1) is 10.2 Å². The fourth-order valence-electron chi connectivity index (χ4n) is 2.04. The molecule has 0 N–H and O–H groups in total. The van der Waals surface area contributed by atoms with Crippen LogP contribution in [0.15, 0.2) is 58.2 Å². The molecule has 26 heavy (non-hydrogen) atoms. The van der Waals surface area contributed by atoms with Gasteiger partial charge in [-0.05, 0) is 36.4 Å². The molecule has 8 heteroatoms. The van der Waals surface area contributed by atoms with Gasteiger partial charge in [-0.25, -0.2) is 0 Å². The number of thioether (sulfide) groups is 1. The van der Waals surface area contributed by atoms with E-state index >= 15 is 0 Å². The van der Waals surface area contributed by atoms with Crippen LogP contribution < -0.4 is 9.47 Å². The fraction of sp³-hybridized carbons (Fsp3) is 0.167. The molecule has 0 bridgehead atoms. The van der Waals surface area contributed by atoms with E-state index in [1.165, 1.54) is 11.8 Å². The lowest BCUT2D eigenvalue weighted by Gasteiger charge is -2.03. The van der Waals surface area contributed by atoms with E-state index in [4.69, 9.17) is 25.5 Å². The molecule has 1 aromatic heterocycles. The minimum Gasteiger partial charge on any atom is -0.497 e. The van der Waals surface area contributed by atoms with Crippen molar-refractivity contribution in [3.8, 4) is 11.5 Å². The van der Waals surface area contributed by atoms with Crippen molar-refractivity contribution >= 4 is 29.1 Å². The number of Topliss-reactive ketones (excluding diaryl/α,β-unsaturated/α-hetero) is 1. The Morgan fingerprint density at radius 2 is 1.96 bits per heavy atom. The van der Waals surface area contributed by atoms with Crippen LogP contribution in [-0.2, 0) is 6.61 Å². The molecule has 0 aliphatic heterocycles. The number of carbonyl (C=O) groups is 1. The Balaban J connectivity index is 1.51. The highest BCUT2D eigenvalue weighted by atomic mass is 35.5. The van der Waals surface area contributed by atoms with Crippen LogP contribution in [0, 0.1) is 0 Å². The Hall–Kier alpha value is -2.51.